The Labute approximate surface area is 123 Å². The molecule has 0 aromatic heterocycles. The van der Waals surface area contributed by atoms with Crippen LogP contribution in [0.1, 0.15) is 55.0 Å². The van der Waals surface area contributed by atoms with Gasteiger partial charge in [0.25, 0.3) is 0 Å². The summed E-state index contributed by atoms with van der Waals surface area (Å²) in [6, 6.07) is 4.84. The molecule has 1 saturated carbocycles. The van der Waals surface area contributed by atoms with Crippen LogP contribution in [0.15, 0.2) is 12.1 Å². The zero-order chi connectivity index (χ0) is 14.9. The van der Waals surface area contributed by atoms with Gasteiger partial charge in [0.15, 0.2) is 0 Å². The molecule has 1 atom stereocenters. The predicted octanol–water partition coefficient (Wildman–Crippen LogP) is 3.77. The summed E-state index contributed by atoms with van der Waals surface area (Å²) >= 11 is 0. The maximum absolute atomic E-state index is 10.7. The maximum atomic E-state index is 10.7. The number of aryl methyl sites for hydroxylation is 3. The summed E-state index contributed by atoms with van der Waals surface area (Å²) in [4.78, 5) is 2.43. The van der Waals surface area contributed by atoms with Crippen LogP contribution >= 0.6 is 0 Å². The second-order valence-electron chi connectivity index (χ2n) is 6.82. The number of benzene rings is 1. The van der Waals surface area contributed by atoms with E-state index in [-0.39, 0.29) is 6.10 Å². The van der Waals surface area contributed by atoms with E-state index in [0.717, 1.165) is 24.6 Å². The highest BCUT2D eigenvalue weighted by atomic mass is 16.3. The van der Waals surface area contributed by atoms with Gasteiger partial charge in [-0.3, -0.25) is 4.90 Å². The first-order chi connectivity index (χ1) is 9.38. The quantitative estimate of drug-likeness (QED) is 0.854. The van der Waals surface area contributed by atoms with Crippen molar-refractivity contribution in [3.05, 3.63) is 34.4 Å². The molecule has 0 radical (unpaired) electrons. The van der Waals surface area contributed by atoms with Gasteiger partial charge >= 0.3 is 0 Å². The second kappa shape index (κ2) is 6.28. The molecule has 0 bridgehead atoms. The van der Waals surface area contributed by atoms with Crippen LogP contribution in [0.25, 0.3) is 0 Å². The van der Waals surface area contributed by atoms with Crippen molar-refractivity contribution in [1.82, 2.24) is 4.90 Å². The van der Waals surface area contributed by atoms with Crippen LogP contribution in [-0.4, -0.2) is 29.1 Å². The molecular formula is C18H29NO. The lowest BCUT2D eigenvalue weighted by molar-refractivity contribution is 0.0915. The Hall–Kier alpha value is -0.860. The summed E-state index contributed by atoms with van der Waals surface area (Å²) in [5.74, 6) is 0.866. The van der Waals surface area contributed by atoms with Crippen LogP contribution in [-0.2, 0) is 0 Å². The molecule has 1 fully saturated rings. The van der Waals surface area contributed by atoms with Gasteiger partial charge in [-0.25, -0.2) is 0 Å². The Bertz CT molecular complexity index is 439. The first-order valence-corrected chi connectivity index (χ1v) is 7.88. The van der Waals surface area contributed by atoms with Gasteiger partial charge in [0.05, 0.1) is 6.10 Å². The van der Waals surface area contributed by atoms with Gasteiger partial charge in [0, 0.05) is 19.1 Å². The molecule has 1 aliphatic carbocycles. The number of aliphatic hydroxyl groups is 1. The minimum absolute atomic E-state index is 0.378. The Morgan fingerprint density at radius 2 is 1.70 bits per heavy atom. The van der Waals surface area contributed by atoms with E-state index in [0.29, 0.717) is 6.04 Å². The van der Waals surface area contributed by atoms with Crippen molar-refractivity contribution in [3.63, 3.8) is 0 Å². The number of aliphatic hydroxyl groups excluding tert-OH is 1. The molecule has 2 heteroatoms. The topological polar surface area (TPSA) is 23.5 Å². The molecule has 0 spiro atoms. The van der Waals surface area contributed by atoms with E-state index in [1.54, 1.807) is 0 Å². The fraction of sp³-hybridized carbons (Fsp3) is 0.667. The zero-order valence-corrected chi connectivity index (χ0v) is 13.6. The molecule has 1 unspecified atom stereocenters. The second-order valence-corrected chi connectivity index (χ2v) is 6.82. The molecule has 1 aromatic carbocycles. The predicted molar refractivity (Wildman–Crippen MR) is 85.0 cm³/mol. The fourth-order valence-electron chi connectivity index (χ4n) is 3.16. The maximum Gasteiger partial charge on any atom is 0.0922 e. The Kier molecular flexibility index (Phi) is 4.87. The van der Waals surface area contributed by atoms with Crippen LogP contribution in [0.2, 0.25) is 0 Å². The van der Waals surface area contributed by atoms with E-state index >= 15 is 0 Å². The molecule has 0 saturated heterocycles. The molecule has 112 valence electrons. The average molecular weight is 275 g/mol. The molecule has 0 heterocycles. The number of hydrogen-bond donors (Lipinski definition) is 1. The van der Waals surface area contributed by atoms with Gasteiger partial charge in [0.1, 0.15) is 0 Å². The van der Waals surface area contributed by atoms with Gasteiger partial charge in [-0.1, -0.05) is 17.7 Å². The van der Waals surface area contributed by atoms with E-state index < -0.39 is 0 Å². The molecule has 1 aliphatic rings. The van der Waals surface area contributed by atoms with Gasteiger partial charge in [-0.2, -0.15) is 0 Å². The van der Waals surface area contributed by atoms with Gasteiger partial charge < -0.3 is 5.11 Å². The smallest absolute Gasteiger partial charge is 0.0922 e. The van der Waals surface area contributed by atoms with Crippen molar-refractivity contribution < 1.29 is 5.11 Å². The molecule has 1 N–H and O–H groups in total. The van der Waals surface area contributed by atoms with Crippen molar-refractivity contribution in [1.29, 1.82) is 0 Å². The normalized spacial score (nSPS) is 17.0. The van der Waals surface area contributed by atoms with E-state index in [4.69, 9.17) is 0 Å². The largest absolute Gasteiger partial charge is 0.387 e. The third-order valence-electron chi connectivity index (χ3n) is 4.40. The molecule has 0 amide bonds. The van der Waals surface area contributed by atoms with Gasteiger partial charge in [0.2, 0.25) is 0 Å². The van der Waals surface area contributed by atoms with Crippen molar-refractivity contribution in [2.45, 2.75) is 59.6 Å². The minimum Gasteiger partial charge on any atom is -0.387 e. The molecule has 0 aliphatic heterocycles. The SMILES string of the molecule is Cc1cc(C)c(C(O)CN(CC2CC2)C(C)C)c(C)c1. The van der Waals surface area contributed by atoms with Crippen LogP contribution in [0.4, 0.5) is 0 Å². The van der Waals surface area contributed by atoms with Crippen LogP contribution in [0, 0.1) is 26.7 Å². The Morgan fingerprint density at radius 3 is 2.15 bits per heavy atom. The van der Waals surface area contributed by atoms with E-state index in [9.17, 15) is 5.11 Å². The lowest BCUT2D eigenvalue weighted by Crippen LogP contribution is -2.36. The highest BCUT2D eigenvalue weighted by Crippen LogP contribution is 2.31. The lowest BCUT2D eigenvalue weighted by Gasteiger charge is -2.30. The molecule has 20 heavy (non-hydrogen) atoms. The number of rotatable bonds is 6. The lowest BCUT2D eigenvalue weighted by atomic mass is 9.95. The van der Waals surface area contributed by atoms with E-state index in [2.05, 4.69) is 51.7 Å². The fourth-order valence-corrected chi connectivity index (χ4v) is 3.16. The summed E-state index contributed by atoms with van der Waals surface area (Å²) < 4.78 is 0. The Morgan fingerprint density at radius 1 is 1.15 bits per heavy atom. The highest BCUT2D eigenvalue weighted by molar-refractivity contribution is 5.39. The number of hydrogen-bond acceptors (Lipinski definition) is 2. The third-order valence-corrected chi connectivity index (χ3v) is 4.40. The summed E-state index contributed by atoms with van der Waals surface area (Å²) in [6.45, 7) is 12.7. The van der Waals surface area contributed by atoms with Gasteiger partial charge in [-0.15, -0.1) is 0 Å². The van der Waals surface area contributed by atoms with E-state index in [1.165, 1.54) is 29.5 Å². The van der Waals surface area contributed by atoms with Crippen LogP contribution < -0.4 is 0 Å². The van der Waals surface area contributed by atoms with E-state index in [1.807, 2.05) is 0 Å². The summed E-state index contributed by atoms with van der Waals surface area (Å²) in [7, 11) is 0. The monoisotopic (exact) mass is 275 g/mol. The van der Waals surface area contributed by atoms with Crippen molar-refractivity contribution in [2.75, 3.05) is 13.1 Å². The van der Waals surface area contributed by atoms with Gasteiger partial charge in [-0.05, 0) is 70.1 Å². The van der Waals surface area contributed by atoms with Crippen LogP contribution in [0.5, 0.6) is 0 Å². The highest BCUT2D eigenvalue weighted by Gasteiger charge is 2.27. The molecule has 1 aromatic rings. The zero-order valence-electron chi connectivity index (χ0n) is 13.6. The first kappa shape index (κ1) is 15.5. The van der Waals surface area contributed by atoms with Crippen molar-refractivity contribution >= 4 is 0 Å². The molecule has 2 nitrogen and oxygen atoms in total. The summed E-state index contributed by atoms with van der Waals surface area (Å²) in [5, 5.41) is 10.7. The minimum atomic E-state index is -0.378. The standard InChI is InChI=1S/C18H29NO/c1-12(2)19(10-16-6-7-16)11-17(20)18-14(4)8-13(3)9-15(18)5/h8-9,12,16-17,20H,6-7,10-11H2,1-5H3. The summed E-state index contributed by atoms with van der Waals surface area (Å²) in [5.41, 5.74) is 4.82. The average Bonchev–Trinajstić information content (AvgIpc) is 3.10. The third kappa shape index (κ3) is 3.83. The summed E-state index contributed by atoms with van der Waals surface area (Å²) in [6.07, 6.45) is 2.35. The first-order valence-electron chi connectivity index (χ1n) is 7.88. The van der Waals surface area contributed by atoms with Crippen molar-refractivity contribution in [2.24, 2.45) is 5.92 Å². The van der Waals surface area contributed by atoms with Crippen molar-refractivity contribution in [3.8, 4) is 0 Å². The molecular weight excluding hydrogens is 246 g/mol. The van der Waals surface area contributed by atoms with Crippen LogP contribution in [0.3, 0.4) is 0 Å². The Balaban J connectivity index is 2.11. The number of nitrogens with zero attached hydrogens (tertiary/aromatic N) is 1. The molecule has 2 rings (SSSR count).